The third-order valence-electron chi connectivity index (χ3n) is 4.05. The van der Waals surface area contributed by atoms with Crippen molar-refractivity contribution in [2.75, 3.05) is 13.1 Å². The van der Waals surface area contributed by atoms with Crippen molar-refractivity contribution in [1.29, 1.82) is 0 Å². The van der Waals surface area contributed by atoms with Gasteiger partial charge in [0.1, 0.15) is 5.02 Å². The number of hydrogen-bond donors (Lipinski definition) is 0. The zero-order valence-electron chi connectivity index (χ0n) is 14.0. The molecule has 6 nitrogen and oxygen atoms in total. The summed E-state index contributed by atoms with van der Waals surface area (Å²) in [5.74, 6) is 0.397. The number of nitrogens with zero attached hydrogens (tertiary/aromatic N) is 3. The summed E-state index contributed by atoms with van der Waals surface area (Å²) in [7, 11) is 0. The van der Waals surface area contributed by atoms with E-state index in [-0.39, 0.29) is 22.2 Å². The predicted octanol–water partition coefficient (Wildman–Crippen LogP) is 4.30. The van der Waals surface area contributed by atoms with E-state index < -0.39 is 4.92 Å². The van der Waals surface area contributed by atoms with Gasteiger partial charge in [0.25, 0.3) is 11.6 Å². The third-order valence-corrected chi connectivity index (χ3v) is 5.44. The molecular weight excluding hydrogens is 374 g/mol. The molecule has 26 heavy (non-hydrogen) atoms. The molecule has 2 aromatic carbocycles. The highest BCUT2D eigenvalue weighted by Crippen LogP contribution is 2.27. The Bertz CT molecular complexity index is 901. The molecule has 1 aliphatic rings. The molecule has 0 saturated carbocycles. The number of thioether (sulfide) groups is 1. The molecule has 1 heterocycles. The molecule has 0 atom stereocenters. The number of aliphatic imine (C=N–C) groups is 1. The second-order valence-corrected chi connectivity index (χ2v) is 7.11. The van der Waals surface area contributed by atoms with E-state index in [1.165, 1.54) is 41.1 Å². The number of halogens is 1. The average molecular weight is 390 g/mol. The third kappa shape index (κ3) is 3.89. The van der Waals surface area contributed by atoms with Crippen molar-refractivity contribution in [3.63, 3.8) is 0 Å². The largest absolute Gasteiger partial charge is 0.288 e. The maximum atomic E-state index is 12.8. The van der Waals surface area contributed by atoms with Crippen LogP contribution in [0, 0.1) is 17.0 Å². The minimum atomic E-state index is -0.592. The van der Waals surface area contributed by atoms with Crippen LogP contribution in [0.1, 0.15) is 21.5 Å². The van der Waals surface area contributed by atoms with Crippen LogP contribution in [-0.2, 0) is 5.75 Å². The summed E-state index contributed by atoms with van der Waals surface area (Å²) in [4.78, 5) is 29.2. The minimum absolute atomic E-state index is 0.00999. The summed E-state index contributed by atoms with van der Waals surface area (Å²) in [6.45, 7) is 3.03. The van der Waals surface area contributed by atoms with Crippen LogP contribution in [0.15, 0.2) is 47.5 Å². The number of carbonyl (C=O) groups excluding carboxylic acids is 1. The minimum Gasteiger partial charge on any atom is -0.286 e. The molecule has 0 saturated heterocycles. The summed E-state index contributed by atoms with van der Waals surface area (Å²) in [6.07, 6.45) is 0. The number of aryl methyl sites for hydroxylation is 1. The number of benzene rings is 2. The lowest BCUT2D eigenvalue weighted by atomic mass is 10.1. The average Bonchev–Trinajstić information content (AvgIpc) is 3.09. The normalized spacial score (nSPS) is 13.6. The van der Waals surface area contributed by atoms with Crippen molar-refractivity contribution in [2.45, 2.75) is 12.7 Å². The first-order valence-corrected chi connectivity index (χ1v) is 9.31. The number of hydrogen-bond acceptors (Lipinski definition) is 5. The van der Waals surface area contributed by atoms with Gasteiger partial charge in [-0.2, -0.15) is 0 Å². The summed E-state index contributed by atoms with van der Waals surface area (Å²) in [5, 5.41) is 11.7. The molecule has 3 rings (SSSR count). The van der Waals surface area contributed by atoms with Crippen LogP contribution in [0.3, 0.4) is 0 Å². The van der Waals surface area contributed by atoms with Gasteiger partial charge in [0, 0.05) is 23.9 Å². The Labute approximate surface area is 160 Å². The lowest BCUT2D eigenvalue weighted by Crippen LogP contribution is -2.32. The first-order chi connectivity index (χ1) is 12.5. The molecule has 134 valence electrons. The molecule has 0 radical (unpaired) electrons. The standard InChI is InChI=1S/C18H16ClN3O3S/c1-12-4-2-3-5-14(12)11-26-18-20-8-9-21(18)17(23)13-6-7-15(19)16(10-13)22(24)25/h2-7,10H,8-9,11H2,1H3. The molecule has 0 fully saturated rings. The monoisotopic (exact) mass is 389 g/mol. The van der Waals surface area contributed by atoms with E-state index in [0.717, 1.165) is 0 Å². The Balaban J connectivity index is 1.75. The van der Waals surface area contributed by atoms with E-state index in [1.807, 2.05) is 31.2 Å². The zero-order chi connectivity index (χ0) is 18.7. The summed E-state index contributed by atoms with van der Waals surface area (Å²) >= 11 is 7.31. The number of amidine groups is 1. The second kappa shape index (κ2) is 7.88. The summed E-state index contributed by atoms with van der Waals surface area (Å²) in [6, 6.07) is 12.1. The Kier molecular flexibility index (Phi) is 5.58. The Morgan fingerprint density at radius 2 is 2.12 bits per heavy atom. The van der Waals surface area contributed by atoms with E-state index in [9.17, 15) is 14.9 Å². The van der Waals surface area contributed by atoms with Gasteiger partial charge in [0.05, 0.1) is 11.5 Å². The van der Waals surface area contributed by atoms with Crippen LogP contribution in [0.5, 0.6) is 0 Å². The van der Waals surface area contributed by atoms with Gasteiger partial charge in [0.15, 0.2) is 5.17 Å². The number of carbonyl (C=O) groups is 1. The Hall–Kier alpha value is -2.38. The molecule has 1 aliphatic heterocycles. The van der Waals surface area contributed by atoms with Crippen molar-refractivity contribution in [3.05, 3.63) is 74.3 Å². The molecule has 0 aromatic heterocycles. The van der Waals surface area contributed by atoms with Crippen LogP contribution in [0.2, 0.25) is 5.02 Å². The van der Waals surface area contributed by atoms with E-state index in [0.29, 0.717) is 24.0 Å². The maximum Gasteiger partial charge on any atom is 0.288 e. The fourth-order valence-electron chi connectivity index (χ4n) is 2.59. The van der Waals surface area contributed by atoms with Crippen molar-refractivity contribution < 1.29 is 9.72 Å². The van der Waals surface area contributed by atoms with E-state index in [4.69, 9.17) is 11.6 Å². The van der Waals surface area contributed by atoms with Crippen LogP contribution in [0.4, 0.5) is 5.69 Å². The van der Waals surface area contributed by atoms with Gasteiger partial charge in [-0.1, -0.05) is 47.6 Å². The van der Waals surface area contributed by atoms with E-state index >= 15 is 0 Å². The van der Waals surface area contributed by atoms with Crippen LogP contribution < -0.4 is 0 Å². The van der Waals surface area contributed by atoms with Crippen molar-refractivity contribution in [2.24, 2.45) is 4.99 Å². The molecule has 0 spiro atoms. The van der Waals surface area contributed by atoms with E-state index in [2.05, 4.69) is 4.99 Å². The molecule has 0 unspecified atom stereocenters. The summed E-state index contributed by atoms with van der Waals surface area (Å²) in [5.41, 5.74) is 2.32. The molecule has 0 aliphatic carbocycles. The highest BCUT2D eigenvalue weighted by atomic mass is 35.5. The smallest absolute Gasteiger partial charge is 0.286 e. The van der Waals surface area contributed by atoms with Gasteiger partial charge in [-0.15, -0.1) is 0 Å². The number of rotatable bonds is 4. The Morgan fingerprint density at radius 3 is 2.85 bits per heavy atom. The summed E-state index contributed by atoms with van der Waals surface area (Å²) < 4.78 is 0. The molecule has 1 amide bonds. The first kappa shape index (κ1) is 18.4. The SMILES string of the molecule is Cc1ccccc1CSC1=NCCN1C(=O)c1ccc(Cl)c([N+](=O)[O-])c1. The van der Waals surface area contributed by atoms with Gasteiger partial charge >= 0.3 is 0 Å². The van der Waals surface area contributed by atoms with Gasteiger partial charge in [0.2, 0.25) is 0 Å². The highest BCUT2D eigenvalue weighted by molar-refractivity contribution is 8.13. The lowest BCUT2D eigenvalue weighted by molar-refractivity contribution is -0.384. The van der Waals surface area contributed by atoms with Crippen molar-refractivity contribution in [3.8, 4) is 0 Å². The fourth-order valence-corrected chi connectivity index (χ4v) is 3.90. The number of nitro benzene ring substituents is 1. The maximum absolute atomic E-state index is 12.8. The second-order valence-electron chi connectivity index (χ2n) is 5.76. The van der Waals surface area contributed by atoms with Crippen molar-refractivity contribution >= 4 is 40.1 Å². The molecule has 0 bridgehead atoms. The topological polar surface area (TPSA) is 75.8 Å². The quantitative estimate of drug-likeness (QED) is 0.577. The van der Waals surface area contributed by atoms with Gasteiger partial charge in [-0.05, 0) is 30.2 Å². The van der Waals surface area contributed by atoms with Crippen molar-refractivity contribution in [1.82, 2.24) is 4.90 Å². The molecular formula is C18H16ClN3O3S. The van der Waals surface area contributed by atoms with Crippen LogP contribution >= 0.6 is 23.4 Å². The van der Waals surface area contributed by atoms with Crippen LogP contribution in [0.25, 0.3) is 0 Å². The molecule has 8 heteroatoms. The fraction of sp³-hybridized carbons (Fsp3) is 0.222. The first-order valence-electron chi connectivity index (χ1n) is 7.95. The zero-order valence-corrected chi connectivity index (χ0v) is 15.6. The molecule has 2 aromatic rings. The number of amides is 1. The van der Waals surface area contributed by atoms with Gasteiger partial charge < -0.3 is 0 Å². The molecule has 0 N–H and O–H groups in total. The lowest BCUT2D eigenvalue weighted by Gasteiger charge is -2.18. The van der Waals surface area contributed by atoms with Gasteiger partial charge in [-0.3, -0.25) is 24.8 Å². The highest BCUT2D eigenvalue weighted by Gasteiger charge is 2.27. The predicted molar refractivity (Wildman–Crippen MR) is 104 cm³/mol. The van der Waals surface area contributed by atoms with E-state index in [1.54, 1.807) is 4.90 Å². The van der Waals surface area contributed by atoms with Gasteiger partial charge in [-0.25, -0.2) is 0 Å². The number of nitro groups is 1. The van der Waals surface area contributed by atoms with Crippen LogP contribution in [-0.4, -0.2) is 34.0 Å². The Morgan fingerprint density at radius 1 is 1.35 bits per heavy atom.